The molecule has 0 radical (unpaired) electrons. The zero-order valence-corrected chi connectivity index (χ0v) is 6.84. The molecule has 0 aliphatic carbocycles. The first kappa shape index (κ1) is 8.02. The normalized spacial score (nSPS) is 26.4. The van der Waals surface area contributed by atoms with E-state index in [9.17, 15) is 0 Å². The molecule has 1 aliphatic rings. The summed E-state index contributed by atoms with van der Waals surface area (Å²) in [4.78, 5) is 2.49. The van der Waals surface area contributed by atoms with Crippen molar-refractivity contribution in [2.45, 2.75) is 32.2 Å². The molecule has 60 valence electrons. The van der Waals surface area contributed by atoms with Crippen LogP contribution in [0.5, 0.6) is 0 Å². The second-order valence-electron chi connectivity index (χ2n) is 3.07. The summed E-state index contributed by atoms with van der Waals surface area (Å²) < 4.78 is 0. The number of rotatable bonds is 4. The van der Waals surface area contributed by atoms with E-state index in [-0.39, 0.29) is 0 Å². The Kier molecular flexibility index (Phi) is 3.16. The van der Waals surface area contributed by atoms with Crippen LogP contribution in [0.15, 0.2) is 0 Å². The average molecular weight is 142 g/mol. The first-order valence-electron chi connectivity index (χ1n) is 4.32. The minimum Gasteiger partial charge on any atom is -0.329 e. The van der Waals surface area contributed by atoms with Crippen LogP contribution in [0.4, 0.5) is 0 Å². The Hall–Kier alpha value is -0.0800. The Morgan fingerprint density at radius 3 is 2.80 bits per heavy atom. The van der Waals surface area contributed by atoms with Gasteiger partial charge in [0.2, 0.25) is 0 Å². The highest BCUT2D eigenvalue weighted by atomic mass is 15.2. The van der Waals surface area contributed by atoms with Crippen LogP contribution in [0.25, 0.3) is 0 Å². The average Bonchev–Trinajstić information content (AvgIpc) is 1.88. The minimum atomic E-state index is 0.714. The van der Waals surface area contributed by atoms with Gasteiger partial charge in [0.1, 0.15) is 0 Å². The lowest BCUT2D eigenvalue weighted by molar-refractivity contribution is 0.0953. The van der Waals surface area contributed by atoms with Crippen LogP contribution in [-0.2, 0) is 0 Å². The van der Waals surface area contributed by atoms with E-state index in [1.54, 1.807) is 0 Å². The van der Waals surface area contributed by atoms with E-state index in [2.05, 4.69) is 11.8 Å². The van der Waals surface area contributed by atoms with Gasteiger partial charge in [0.15, 0.2) is 0 Å². The van der Waals surface area contributed by atoms with Crippen LogP contribution >= 0.6 is 0 Å². The van der Waals surface area contributed by atoms with Crippen LogP contribution in [0, 0.1) is 0 Å². The second kappa shape index (κ2) is 3.94. The van der Waals surface area contributed by atoms with Crippen LogP contribution in [0.1, 0.15) is 26.2 Å². The SMILES string of the molecule is CCCCN1CCC1CN. The maximum absolute atomic E-state index is 5.55. The number of nitrogens with two attached hydrogens (primary N) is 1. The van der Waals surface area contributed by atoms with Gasteiger partial charge in [-0.05, 0) is 19.4 Å². The number of nitrogens with zero attached hydrogens (tertiary/aromatic N) is 1. The monoisotopic (exact) mass is 142 g/mol. The summed E-state index contributed by atoms with van der Waals surface area (Å²) in [6, 6.07) is 0.714. The van der Waals surface area contributed by atoms with Gasteiger partial charge in [0.05, 0.1) is 0 Å². The molecule has 1 fully saturated rings. The summed E-state index contributed by atoms with van der Waals surface area (Å²) in [6.07, 6.45) is 3.95. The van der Waals surface area contributed by atoms with Crippen molar-refractivity contribution in [2.75, 3.05) is 19.6 Å². The molecule has 0 aromatic rings. The fraction of sp³-hybridized carbons (Fsp3) is 1.00. The highest BCUT2D eigenvalue weighted by Gasteiger charge is 2.24. The molecule has 1 saturated heterocycles. The quantitative estimate of drug-likeness (QED) is 0.629. The molecular formula is C8H18N2. The van der Waals surface area contributed by atoms with Gasteiger partial charge in [0.25, 0.3) is 0 Å². The van der Waals surface area contributed by atoms with Crippen molar-refractivity contribution in [3.63, 3.8) is 0 Å². The van der Waals surface area contributed by atoms with E-state index >= 15 is 0 Å². The lowest BCUT2D eigenvalue weighted by Crippen LogP contribution is -2.51. The van der Waals surface area contributed by atoms with Crippen LogP contribution in [-0.4, -0.2) is 30.6 Å². The van der Waals surface area contributed by atoms with Crippen molar-refractivity contribution in [1.29, 1.82) is 0 Å². The van der Waals surface area contributed by atoms with Crippen molar-refractivity contribution in [1.82, 2.24) is 4.90 Å². The van der Waals surface area contributed by atoms with Gasteiger partial charge in [-0.25, -0.2) is 0 Å². The zero-order valence-electron chi connectivity index (χ0n) is 6.84. The molecule has 0 aromatic heterocycles. The Morgan fingerprint density at radius 2 is 2.40 bits per heavy atom. The number of hydrogen-bond acceptors (Lipinski definition) is 2. The predicted octanol–water partition coefficient (Wildman–Crippen LogP) is 0.820. The maximum atomic E-state index is 5.55. The van der Waals surface area contributed by atoms with Crippen molar-refractivity contribution in [2.24, 2.45) is 5.73 Å². The van der Waals surface area contributed by atoms with Gasteiger partial charge in [-0.3, -0.25) is 4.90 Å². The molecule has 0 aromatic carbocycles. The van der Waals surface area contributed by atoms with Crippen LogP contribution < -0.4 is 5.73 Å². The van der Waals surface area contributed by atoms with E-state index in [4.69, 9.17) is 5.73 Å². The van der Waals surface area contributed by atoms with Crippen molar-refractivity contribution < 1.29 is 0 Å². The molecule has 10 heavy (non-hydrogen) atoms. The Bertz CT molecular complexity index is 91.3. The van der Waals surface area contributed by atoms with Gasteiger partial charge in [0, 0.05) is 19.1 Å². The molecule has 1 heterocycles. The Labute approximate surface area is 63.4 Å². The molecule has 2 heteroatoms. The summed E-state index contributed by atoms with van der Waals surface area (Å²) in [6.45, 7) is 5.63. The van der Waals surface area contributed by atoms with Crippen molar-refractivity contribution in [3.8, 4) is 0 Å². The predicted molar refractivity (Wildman–Crippen MR) is 43.9 cm³/mol. The third kappa shape index (κ3) is 1.70. The molecule has 0 spiro atoms. The van der Waals surface area contributed by atoms with E-state index in [0.29, 0.717) is 6.04 Å². The van der Waals surface area contributed by atoms with Gasteiger partial charge in [-0.2, -0.15) is 0 Å². The fourth-order valence-corrected chi connectivity index (χ4v) is 1.42. The van der Waals surface area contributed by atoms with Crippen molar-refractivity contribution >= 4 is 0 Å². The molecule has 1 unspecified atom stereocenters. The number of likely N-dealkylation sites (tertiary alicyclic amines) is 1. The van der Waals surface area contributed by atoms with Gasteiger partial charge < -0.3 is 5.73 Å². The van der Waals surface area contributed by atoms with Gasteiger partial charge >= 0.3 is 0 Å². The molecule has 0 amide bonds. The maximum Gasteiger partial charge on any atom is 0.0230 e. The summed E-state index contributed by atoms with van der Waals surface area (Å²) in [7, 11) is 0. The third-order valence-corrected chi connectivity index (χ3v) is 2.34. The summed E-state index contributed by atoms with van der Waals surface area (Å²) >= 11 is 0. The van der Waals surface area contributed by atoms with E-state index < -0.39 is 0 Å². The zero-order chi connectivity index (χ0) is 7.40. The van der Waals surface area contributed by atoms with E-state index in [0.717, 1.165) is 6.54 Å². The fourth-order valence-electron chi connectivity index (χ4n) is 1.42. The molecule has 2 N–H and O–H groups in total. The summed E-state index contributed by atoms with van der Waals surface area (Å²) in [5.74, 6) is 0. The van der Waals surface area contributed by atoms with Crippen molar-refractivity contribution in [3.05, 3.63) is 0 Å². The summed E-state index contributed by atoms with van der Waals surface area (Å²) in [5, 5.41) is 0. The standard InChI is InChI=1S/C8H18N2/c1-2-3-5-10-6-4-8(10)7-9/h8H,2-7,9H2,1H3. The highest BCUT2D eigenvalue weighted by molar-refractivity contribution is 4.82. The summed E-state index contributed by atoms with van der Waals surface area (Å²) in [5.41, 5.74) is 5.55. The molecule has 1 atom stereocenters. The van der Waals surface area contributed by atoms with Gasteiger partial charge in [-0.15, -0.1) is 0 Å². The largest absolute Gasteiger partial charge is 0.329 e. The Morgan fingerprint density at radius 1 is 1.60 bits per heavy atom. The number of hydrogen-bond donors (Lipinski definition) is 1. The highest BCUT2D eigenvalue weighted by Crippen LogP contribution is 2.15. The lowest BCUT2D eigenvalue weighted by Gasteiger charge is -2.40. The minimum absolute atomic E-state index is 0.714. The second-order valence-corrected chi connectivity index (χ2v) is 3.07. The van der Waals surface area contributed by atoms with Crippen LogP contribution in [0.2, 0.25) is 0 Å². The molecular weight excluding hydrogens is 124 g/mol. The van der Waals surface area contributed by atoms with Gasteiger partial charge in [-0.1, -0.05) is 13.3 Å². The molecule has 0 bridgehead atoms. The number of unbranched alkanes of at least 4 members (excludes halogenated alkanes) is 1. The molecule has 0 saturated carbocycles. The first-order valence-corrected chi connectivity index (χ1v) is 4.32. The molecule has 1 rings (SSSR count). The molecule has 1 aliphatic heterocycles. The lowest BCUT2D eigenvalue weighted by atomic mass is 10.0. The smallest absolute Gasteiger partial charge is 0.0230 e. The third-order valence-electron chi connectivity index (χ3n) is 2.34. The van der Waals surface area contributed by atoms with Crippen LogP contribution in [0.3, 0.4) is 0 Å². The topological polar surface area (TPSA) is 29.3 Å². The Balaban J connectivity index is 2.05. The van der Waals surface area contributed by atoms with E-state index in [1.165, 1.54) is 32.4 Å². The molecule has 2 nitrogen and oxygen atoms in total. The first-order chi connectivity index (χ1) is 4.88. The van der Waals surface area contributed by atoms with E-state index in [1.807, 2.05) is 0 Å².